The number of carbonyl (C=O) groups excluding carboxylic acids is 1. The van der Waals surface area contributed by atoms with Crippen LogP contribution in [0.1, 0.15) is 19.8 Å². The van der Waals surface area contributed by atoms with Gasteiger partial charge < -0.3 is 20.8 Å². The molecule has 2 atom stereocenters. The van der Waals surface area contributed by atoms with Gasteiger partial charge >= 0.3 is 5.97 Å². The lowest BCUT2D eigenvalue weighted by atomic mass is 9.81. The summed E-state index contributed by atoms with van der Waals surface area (Å²) in [4.78, 5) is 22.5. The summed E-state index contributed by atoms with van der Waals surface area (Å²) >= 11 is 0. The van der Waals surface area contributed by atoms with Gasteiger partial charge in [0.15, 0.2) is 0 Å². The molecule has 6 heteroatoms. The third-order valence-corrected chi connectivity index (χ3v) is 2.93. The van der Waals surface area contributed by atoms with E-state index in [1.54, 1.807) is 6.92 Å². The van der Waals surface area contributed by atoms with Gasteiger partial charge in [0, 0.05) is 6.54 Å². The quantitative estimate of drug-likeness (QED) is 0.493. The van der Waals surface area contributed by atoms with Crippen molar-refractivity contribution in [3.63, 3.8) is 0 Å². The molecular weight excluding hydrogens is 212 g/mol. The van der Waals surface area contributed by atoms with Crippen LogP contribution in [-0.4, -0.2) is 47.8 Å². The molecule has 1 heterocycles. The van der Waals surface area contributed by atoms with Crippen molar-refractivity contribution in [2.75, 3.05) is 19.7 Å². The molecule has 16 heavy (non-hydrogen) atoms. The second-order valence-corrected chi connectivity index (χ2v) is 4.39. The molecule has 0 saturated carbocycles. The van der Waals surface area contributed by atoms with Crippen molar-refractivity contribution in [2.24, 2.45) is 5.41 Å². The topological polar surface area (TPSA) is 98.7 Å². The number of nitrogens with one attached hydrogen (secondary N) is 2. The highest BCUT2D eigenvalue weighted by molar-refractivity contribution is 5.87. The van der Waals surface area contributed by atoms with Crippen LogP contribution in [0.5, 0.6) is 0 Å². The molecule has 1 rings (SSSR count). The number of piperidine rings is 1. The molecule has 1 saturated heterocycles. The highest BCUT2D eigenvalue weighted by Gasteiger charge is 2.36. The third-order valence-electron chi connectivity index (χ3n) is 2.93. The van der Waals surface area contributed by atoms with E-state index in [2.05, 4.69) is 10.6 Å². The molecule has 1 fully saturated rings. The van der Waals surface area contributed by atoms with Crippen molar-refractivity contribution >= 4 is 11.9 Å². The number of hydrogen-bond acceptors (Lipinski definition) is 4. The number of carbonyl (C=O) groups is 2. The third kappa shape index (κ3) is 2.93. The highest BCUT2D eigenvalue weighted by Crippen LogP contribution is 2.25. The van der Waals surface area contributed by atoms with Crippen LogP contribution in [0.4, 0.5) is 0 Å². The van der Waals surface area contributed by atoms with Crippen LogP contribution in [0.15, 0.2) is 0 Å². The van der Waals surface area contributed by atoms with Crippen LogP contribution in [0.25, 0.3) is 0 Å². The Balaban J connectivity index is 2.59. The summed E-state index contributed by atoms with van der Waals surface area (Å²) < 4.78 is 0. The number of aliphatic hydroxyl groups excluding tert-OH is 1. The summed E-state index contributed by atoms with van der Waals surface area (Å²) in [5.41, 5.74) is -0.582. The fourth-order valence-electron chi connectivity index (χ4n) is 1.77. The van der Waals surface area contributed by atoms with Gasteiger partial charge in [-0.15, -0.1) is 0 Å². The van der Waals surface area contributed by atoms with Gasteiger partial charge in [-0.1, -0.05) is 0 Å². The molecule has 1 amide bonds. The first-order valence-corrected chi connectivity index (χ1v) is 5.35. The minimum atomic E-state index is -1.22. The maximum Gasteiger partial charge on any atom is 0.328 e. The van der Waals surface area contributed by atoms with Crippen molar-refractivity contribution in [3.8, 4) is 0 Å². The van der Waals surface area contributed by atoms with Crippen LogP contribution in [0.2, 0.25) is 0 Å². The molecule has 4 N–H and O–H groups in total. The van der Waals surface area contributed by atoms with E-state index in [1.165, 1.54) is 0 Å². The Bertz CT molecular complexity index is 274. The van der Waals surface area contributed by atoms with Gasteiger partial charge in [-0.25, -0.2) is 4.79 Å². The monoisotopic (exact) mass is 230 g/mol. The smallest absolute Gasteiger partial charge is 0.328 e. The normalized spacial score (nSPS) is 27.1. The van der Waals surface area contributed by atoms with Crippen LogP contribution < -0.4 is 10.6 Å². The van der Waals surface area contributed by atoms with E-state index in [4.69, 9.17) is 10.2 Å². The molecule has 0 aromatic carbocycles. The minimum absolute atomic E-state index is 0.318. The first-order chi connectivity index (χ1) is 7.49. The number of hydrogen-bond donors (Lipinski definition) is 4. The van der Waals surface area contributed by atoms with E-state index in [0.29, 0.717) is 6.54 Å². The van der Waals surface area contributed by atoms with Crippen LogP contribution in [-0.2, 0) is 9.59 Å². The van der Waals surface area contributed by atoms with Gasteiger partial charge in [0.05, 0.1) is 12.0 Å². The molecule has 1 unspecified atom stereocenters. The minimum Gasteiger partial charge on any atom is -0.480 e. The summed E-state index contributed by atoms with van der Waals surface area (Å²) in [6.45, 7) is 2.62. The van der Waals surface area contributed by atoms with Crippen molar-refractivity contribution in [3.05, 3.63) is 0 Å². The lowest BCUT2D eigenvalue weighted by Gasteiger charge is -2.33. The SMILES string of the molecule is CC1(C(=O)N[C@H](CO)C(=O)O)CCCNC1. The Labute approximate surface area is 94.0 Å². The number of aliphatic hydroxyl groups is 1. The van der Waals surface area contributed by atoms with Gasteiger partial charge in [-0.2, -0.15) is 0 Å². The van der Waals surface area contributed by atoms with Gasteiger partial charge in [0.25, 0.3) is 0 Å². The first-order valence-electron chi connectivity index (χ1n) is 5.35. The highest BCUT2D eigenvalue weighted by atomic mass is 16.4. The van der Waals surface area contributed by atoms with Crippen molar-refractivity contribution in [2.45, 2.75) is 25.8 Å². The largest absolute Gasteiger partial charge is 0.480 e. The van der Waals surface area contributed by atoms with Crippen LogP contribution >= 0.6 is 0 Å². The second-order valence-electron chi connectivity index (χ2n) is 4.39. The van der Waals surface area contributed by atoms with E-state index in [9.17, 15) is 9.59 Å². The number of aliphatic carboxylic acids is 1. The molecule has 0 spiro atoms. The summed E-state index contributed by atoms with van der Waals surface area (Å²) in [5.74, 6) is -1.54. The molecule has 0 aliphatic carbocycles. The molecular formula is C10H18N2O4. The maximum atomic E-state index is 11.9. The van der Waals surface area contributed by atoms with Gasteiger partial charge in [-0.3, -0.25) is 4.79 Å². The Kier molecular flexibility index (Phi) is 4.26. The summed E-state index contributed by atoms with van der Waals surface area (Å²) in [7, 11) is 0. The average molecular weight is 230 g/mol. The zero-order valence-electron chi connectivity index (χ0n) is 9.32. The molecule has 1 aliphatic rings. The van der Waals surface area contributed by atoms with Gasteiger partial charge in [0.2, 0.25) is 5.91 Å². The molecule has 1 aliphatic heterocycles. The summed E-state index contributed by atoms with van der Waals surface area (Å²) in [6, 6.07) is -1.22. The number of carboxylic acids is 1. The van der Waals surface area contributed by atoms with E-state index in [1.807, 2.05) is 0 Å². The molecule has 0 aromatic heterocycles. The Morgan fingerprint density at radius 2 is 2.25 bits per heavy atom. The second kappa shape index (κ2) is 5.27. The lowest BCUT2D eigenvalue weighted by Crippen LogP contribution is -2.53. The fourth-order valence-corrected chi connectivity index (χ4v) is 1.77. The zero-order valence-corrected chi connectivity index (χ0v) is 9.32. The molecule has 0 aromatic rings. The maximum absolute atomic E-state index is 11.9. The van der Waals surface area contributed by atoms with Crippen molar-refractivity contribution in [1.29, 1.82) is 0 Å². The number of amides is 1. The molecule has 0 radical (unpaired) electrons. The predicted molar refractivity (Wildman–Crippen MR) is 56.9 cm³/mol. The van der Waals surface area contributed by atoms with Crippen LogP contribution in [0.3, 0.4) is 0 Å². The lowest BCUT2D eigenvalue weighted by molar-refractivity contribution is -0.145. The predicted octanol–water partition coefficient (Wildman–Crippen LogP) is -1.06. The Hall–Kier alpha value is -1.14. The van der Waals surface area contributed by atoms with E-state index in [-0.39, 0.29) is 5.91 Å². The van der Waals surface area contributed by atoms with Crippen molar-refractivity contribution in [1.82, 2.24) is 10.6 Å². The molecule has 92 valence electrons. The van der Waals surface area contributed by atoms with E-state index in [0.717, 1.165) is 19.4 Å². The van der Waals surface area contributed by atoms with Gasteiger partial charge in [0.1, 0.15) is 6.04 Å². The number of carboxylic acid groups (broad SMARTS) is 1. The standard InChI is InChI=1S/C10H18N2O4/c1-10(3-2-4-11-6-10)9(16)12-7(5-13)8(14)15/h7,11,13H,2-6H2,1H3,(H,12,16)(H,14,15)/t7-,10?/m1/s1. The van der Waals surface area contributed by atoms with Crippen molar-refractivity contribution < 1.29 is 19.8 Å². The average Bonchev–Trinajstić information content (AvgIpc) is 2.26. The fraction of sp³-hybridized carbons (Fsp3) is 0.800. The van der Waals surface area contributed by atoms with E-state index < -0.39 is 24.0 Å². The molecule has 0 bridgehead atoms. The summed E-state index contributed by atoms with van der Waals surface area (Å²) in [6.07, 6.45) is 1.62. The Morgan fingerprint density at radius 1 is 1.56 bits per heavy atom. The van der Waals surface area contributed by atoms with E-state index >= 15 is 0 Å². The zero-order chi connectivity index (χ0) is 12.2. The Morgan fingerprint density at radius 3 is 2.69 bits per heavy atom. The van der Waals surface area contributed by atoms with Gasteiger partial charge in [-0.05, 0) is 26.3 Å². The first kappa shape index (κ1) is 12.9. The molecule has 6 nitrogen and oxygen atoms in total. The summed E-state index contributed by atoms with van der Waals surface area (Å²) in [5, 5.41) is 23.0. The number of rotatable bonds is 4. The van der Waals surface area contributed by atoms with Crippen LogP contribution in [0, 0.1) is 5.41 Å².